The van der Waals surface area contributed by atoms with E-state index in [-0.39, 0.29) is 11.9 Å². The Balaban J connectivity index is 1.44. The van der Waals surface area contributed by atoms with Gasteiger partial charge in [-0.15, -0.1) is 0 Å². The van der Waals surface area contributed by atoms with Crippen LogP contribution < -0.4 is 14.8 Å². The van der Waals surface area contributed by atoms with Crippen molar-refractivity contribution >= 4 is 23.2 Å². The maximum atomic E-state index is 12.4. The third-order valence-corrected chi connectivity index (χ3v) is 5.00. The fourth-order valence-electron chi connectivity index (χ4n) is 3.61. The molecule has 1 N–H and O–H groups in total. The van der Waals surface area contributed by atoms with Crippen LogP contribution in [0, 0.1) is 0 Å². The molecule has 2 heterocycles. The Morgan fingerprint density at radius 1 is 1.15 bits per heavy atom. The molecule has 26 heavy (non-hydrogen) atoms. The largest absolute Gasteiger partial charge is 0.486 e. The number of amides is 1. The lowest BCUT2D eigenvalue weighted by Crippen LogP contribution is -2.33. The van der Waals surface area contributed by atoms with Crippen molar-refractivity contribution in [3.05, 3.63) is 53.1 Å². The zero-order valence-corrected chi connectivity index (χ0v) is 15.2. The highest BCUT2D eigenvalue weighted by atomic mass is 35.5. The van der Waals surface area contributed by atoms with Crippen molar-refractivity contribution in [2.75, 3.05) is 31.6 Å². The summed E-state index contributed by atoms with van der Waals surface area (Å²) in [5, 5.41) is 3.53. The number of rotatable bonds is 4. The molecule has 0 saturated carbocycles. The molecule has 0 radical (unpaired) electrons. The lowest BCUT2D eigenvalue weighted by Gasteiger charge is -2.26. The van der Waals surface area contributed by atoms with Crippen LogP contribution in [-0.4, -0.2) is 37.1 Å². The van der Waals surface area contributed by atoms with Gasteiger partial charge in [-0.25, -0.2) is 0 Å². The van der Waals surface area contributed by atoms with Gasteiger partial charge in [0.2, 0.25) is 5.91 Å². The van der Waals surface area contributed by atoms with E-state index in [1.807, 2.05) is 24.3 Å². The van der Waals surface area contributed by atoms with Gasteiger partial charge in [-0.2, -0.15) is 0 Å². The number of carbonyl (C=O) groups is 1. The molecule has 6 heteroatoms. The average Bonchev–Trinajstić information content (AvgIpc) is 3.09. The van der Waals surface area contributed by atoms with Gasteiger partial charge in [0.1, 0.15) is 13.2 Å². The highest BCUT2D eigenvalue weighted by molar-refractivity contribution is 6.30. The summed E-state index contributed by atoms with van der Waals surface area (Å²) in [6.45, 7) is 2.42. The predicted molar refractivity (Wildman–Crippen MR) is 101 cm³/mol. The number of ether oxygens (including phenoxy) is 2. The minimum Gasteiger partial charge on any atom is -0.486 e. The van der Waals surface area contributed by atoms with Crippen LogP contribution in [0.2, 0.25) is 5.02 Å². The maximum absolute atomic E-state index is 12.4. The van der Waals surface area contributed by atoms with E-state index in [0.29, 0.717) is 24.8 Å². The van der Waals surface area contributed by atoms with E-state index >= 15 is 0 Å². The summed E-state index contributed by atoms with van der Waals surface area (Å²) in [5.74, 6) is 1.56. The van der Waals surface area contributed by atoms with Crippen LogP contribution in [0.25, 0.3) is 0 Å². The quantitative estimate of drug-likeness (QED) is 0.884. The molecule has 0 aromatic heterocycles. The summed E-state index contributed by atoms with van der Waals surface area (Å²) in [4.78, 5) is 14.7. The van der Waals surface area contributed by atoms with Crippen molar-refractivity contribution in [2.45, 2.75) is 18.9 Å². The van der Waals surface area contributed by atoms with Gasteiger partial charge in [-0.05, 0) is 55.3 Å². The molecule has 1 fully saturated rings. The molecule has 1 atom stereocenters. The first-order valence-corrected chi connectivity index (χ1v) is 9.26. The number of fused-ring (bicyclic) bond motifs is 1. The zero-order valence-electron chi connectivity index (χ0n) is 14.4. The number of carbonyl (C=O) groups excluding carboxylic acids is 1. The van der Waals surface area contributed by atoms with Crippen LogP contribution in [0.4, 0.5) is 5.69 Å². The molecule has 0 bridgehead atoms. The minimum atomic E-state index is -0.0308. The fraction of sp³-hybridized carbons (Fsp3) is 0.350. The van der Waals surface area contributed by atoms with Gasteiger partial charge in [0.15, 0.2) is 11.5 Å². The number of nitrogens with zero attached hydrogens (tertiary/aromatic N) is 1. The number of likely N-dealkylation sites (tertiary alicyclic amines) is 1. The number of halogens is 1. The molecule has 0 aliphatic carbocycles. The highest BCUT2D eigenvalue weighted by Gasteiger charge is 2.28. The maximum Gasteiger partial charge on any atom is 0.238 e. The van der Waals surface area contributed by atoms with E-state index in [4.69, 9.17) is 21.1 Å². The molecular weight excluding hydrogens is 352 g/mol. The second-order valence-corrected chi connectivity index (χ2v) is 7.03. The summed E-state index contributed by atoms with van der Waals surface area (Å²) >= 11 is 5.98. The Hall–Kier alpha value is -2.24. The monoisotopic (exact) mass is 372 g/mol. The van der Waals surface area contributed by atoms with Gasteiger partial charge in [0.05, 0.1) is 6.54 Å². The van der Waals surface area contributed by atoms with Crippen molar-refractivity contribution in [2.24, 2.45) is 0 Å². The summed E-state index contributed by atoms with van der Waals surface area (Å²) < 4.78 is 11.3. The number of hydrogen-bond acceptors (Lipinski definition) is 4. The standard InChI is InChI=1S/C20H21ClN2O3/c21-15-3-1-4-16(12-15)22-20(24)13-23-8-2-5-17(23)14-6-7-18-19(11-14)26-10-9-25-18/h1,3-4,6-7,11-12,17H,2,5,8-10,13H2,(H,22,24)/t17-/m1/s1. The predicted octanol–water partition coefficient (Wildman–Crippen LogP) is 3.89. The molecule has 1 saturated heterocycles. The second kappa shape index (κ2) is 7.56. The van der Waals surface area contributed by atoms with Crippen LogP contribution in [0.5, 0.6) is 11.5 Å². The van der Waals surface area contributed by atoms with Crippen molar-refractivity contribution in [3.63, 3.8) is 0 Å². The molecule has 2 aliphatic rings. The van der Waals surface area contributed by atoms with Crippen LogP contribution in [0.15, 0.2) is 42.5 Å². The number of nitrogens with one attached hydrogen (secondary N) is 1. The summed E-state index contributed by atoms with van der Waals surface area (Å²) in [6, 6.07) is 13.5. The first kappa shape index (κ1) is 17.2. The van der Waals surface area contributed by atoms with E-state index in [0.717, 1.165) is 36.6 Å². The van der Waals surface area contributed by atoms with E-state index in [9.17, 15) is 4.79 Å². The molecule has 2 aliphatic heterocycles. The van der Waals surface area contributed by atoms with Crippen molar-refractivity contribution < 1.29 is 14.3 Å². The van der Waals surface area contributed by atoms with Crippen molar-refractivity contribution in [1.82, 2.24) is 4.90 Å². The second-order valence-electron chi connectivity index (χ2n) is 6.59. The molecule has 4 rings (SSSR count). The van der Waals surface area contributed by atoms with E-state index < -0.39 is 0 Å². The Kier molecular flexibility index (Phi) is 5.00. The molecule has 0 spiro atoms. The Bertz CT molecular complexity index is 811. The third-order valence-electron chi connectivity index (χ3n) is 4.77. The fourth-order valence-corrected chi connectivity index (χ4v) is 3.80. The topological polar surface area (TPSA) is 50.8 Å². The Morgan fingerprint density at radius 2 is 2.00 bits per heavy atom. The zero-order chi connectivity index (χ0) is 17.9. The molecule has 2 aromatic rings. The minimum absolute atomic E-state index is 0.0308. The number of anilines is 1. The molecular formula is C20H21ClN2O3. The van der Waals surface area contributed by atoms with E-state index in [1.54, 1.807) is 12.1 Å². The molecule has 1 amide bonds. The lowest BCUT2D eigenvalue weighted by molar-refractivity contribution is -0.117. The SMILES string of the molecule is O=C(CN1CCC[C@@H]1c1ccc2c(c1)OCCO2)Nc1cccc(Cl)c1. The summed E-state index contributed by atoms with van der Waals surface area (Å²) in [7, 11) is 0. The summed E-state index contributed by atoms with van der Waals surface area (Å²) in [6.07, 6.45) is 2.10. The molecule has 5 nitrogen and oxygen atoms in total. The molecule has 136 valence electrons. The van der Waals surface area contributed by atoms with E-state index in [2.05, 4.69) is 16.3 Å². The van der Waals surface area contributed by atoms with Crippen LogP contribution in [-0.2, 0) is 4.79 Å². The van der Waals surface area contributed by atoms with E-state index in [1.165, 1.54) is 5.56 Å². The van der Waals surface area contributed by atoms with Gasteiger partial charge >= 0.3 is 0 Å². The Labute approximate surface area is 157 Å². The lowest BCUT2D eigenvalue weighted by atomic mass is 10.0. The highest BCUT2D eigenvalue weighted by Crippen LogP contribution is 2.37. The number of benzene rings is 2. The van der Waals surface area contributed by atoms with Gasteiger partial charge in [-0.1, -0.05) is 23.7 Å². The van der Waals surface area contributed by atoms with Crippen molar-refractivity contribution in [3.8, 4) is 11.5 Å². The smallest absolute Gasteiger partial charge is 0.238 e. The van der Waals surface area contributed by atoms with Crippen LogP contribution in [0.3, 0.4) is 0 Å². The number of hydrogen-bond donors (Lipinski definition) is 1. The average molecular weight is 373 g/mol. The first-order chi connectivity index (χ1) is 12.7. The van der Waals surface area contributed by atoms with Gasteiger partial charge in [-0.3, -0.25) is 9.69 Å². The Morgan fingerprint density at radius 3 is 2.85 bits per heavy atom. The normalized spacial score (nSPS) is 19.3. The molecule has 0 unspecified atom stereocenters. The van der Waals surface area contributed by atoms with Crippen LogP contribution >= 0.6 is 11.6 Å². The van der Waals surface area contributed by atoms with Crippen molar-refractivity contribution in [1.29, 1.82) is 0 Å². The third kappa shape index (κ3) is 3.79. The van der Waals surface area contributed by atoms with Gasteiger partial charge in [0, 0.05) is 16.8 Å². The van der Waals surface area contributed by atoms with Gasteiger partial charge < -0.3 is 14.8 Å². The first-order valence-electron chi connectivity index (χ1n) is 8.88. The molecule has 2 aromatic carbocycles. The summed E-state index contributed by atoms with van der Waals surface area (Å²) in [5.41, 5.74) is 1.89. The van der Waals surface area contributed by atoms with Gasteiger partial charge in [0.25, 0.3) is 0 Å². The van der Waals surface area contributed by atoms with Crippen LogP contribution in [0.1, 0.15) is 24.4 Å².